The molecule has 1 heterocycles. The quantitative estimate of drug-likeness (QED) is 0.335. The van der Waals surface area contributed by atoms with Gasteiger partial charge in [-0.1, -0.05) is 19.9 Å². The fraction of sp³-hybridized carbons (Fsp3) is 0.682. The van der Waals surface area contributed by atoms with E-state index in [1.807, 2.05) is 24.3 Å². The number of benzene rings is 1. The molecule has 1 saturated heterocycles. The number of nitrogens with one attached hydrogen (secondary N) is 2. The molecule has 7 heteroatoms. The van der Waals surface area contributed by atoms with Crippen molar-refractivity contribution in [2.45, 2.75) is 32.7 Å². The Morgan fingerprint density at radius 2 is 2.03 bits per heavy atom. The Hall–Kier alpha value is -1.83. The second-order valence-electron chi connectivity index (χ2n) is 7.73. The minimum absolute atomic E-state index is 0.466. The molecule has 1 unspecified atom stereocenters. The van der Waals surface area contributed by atoms with Gasteiger partial charge in [-0.05, 0) is 24.5 Å². The molecule has 7 nitrogen and oxygen atoms in total. The van der Waals surface area contributed by atoms with E-state index in [0.717, 1.165) is 63.1 Å². The zero-order valence-corrected chi connectivity index (χ0v) is 18.4. The highest BCUT2D eigenvalue weighted by Gasteiger charge is 2.22. The van der Waals surface area contributed by atoms with Gasteiger partial charge in [-0.2, -0.15) is 0 Å². The Balaban J connectivity index is 1.88. The van der Waals surface area contributed by atoms with Crippen molar-refractivity contribution in [2.24, 2.45) is 10.9 Å². The van der Waals surface area contributed by atoms with E-state index in [2.05, 4.69) is 34.4 Å². The summed E-state index contributed by atoms with van der Waals surface area (Å²) < 4.78 is 16.4. The highest BCUT2D eigenvalue weighted by Crippen LogP contribution is 2.18. The number of guanidine groups is 1. The van der Waals surface area contributed by atoms with Gasteiger partial charge in [-0.25, -0.2) is 0 Å². The van der Waals surface area contributed by atoms with Crippen LogP contribution < -0.4 is 15.4 Å². The lowest BCUT2D eigenvalue weighted by atomic mass is 10.0. The van der Waals surface area contributed by atoms with Crippen LogP contribution in [0.3, 0.4) is 0 Å². The number of aliphatic imine (C=N–C) groups is 1. The van der Waals surface area contributed by atoms with Crippen molar-refractivity contribution in [3.63, 3.8) is 0 Å². The van der Waals surface area contributed by atoms with E-state index in [0.29, 0.717) is 25.2 Å². The van der Waals surface area contributed by atoms with Crippen LogP contribution in [0, 0.1) is 5.92 Å². The predicted molar refractivity (Wildman–Crippen MR) is 119 cm³/mol. The Morgan fingerprint density at radius 1 is 1.24 bits per heavy atom. The molecule has 0 aliphatic carbocycles. The predicted octanol–water partition coefficient (Wildman–Crippen LogP) is 2.84. The SMILES string of the molecule is CN=C(NCC(CC(C)C)N1CCOCC1)Nc1cccc(OCCCOC)c1. The van der Waals surface area contributed by atoms with Gasteiger partial charge in [0.1, 0.15) is 5.75 Å². The first-order valence-corrected chi connectivity index (χ1v) is 10.6. The van der Waals surface area contributed by atoms with E-state index < -0.39 is 0 Å². The van der Waals surface area contributed by atoms with Crippen molar-refractivity contribution in [1.82, 2.24) is 10.2 Å². The lowest BCUT2D eigenvalue weighted by molar-refractivity contribution is 0.0133. The van der Waals surface area contributed by atoms with Crippen molar-refractivity contribution < 1.29 is 14.2 Å². The minimum Gasteiger partial charge on any atom is -0.493 e. The molecule has 1 aromatic carbocycles. The normalized spacial score (nSPS) is 16.7. The average Bonchev–Trinajstić information content (AvgIpc) is 2.74. The number of anilines is 1. The molecule has 1 aliphatic heterocycles. The molecule has 164 valence electrons. The summed E-state index contributed by atoms with van der Waals surface area (Å²) in [6.07, 6.45) is 2.02. The van der Waals surface area contributed by atoms with E-state index in [1.165, 1.54) is 0 Å². The number of ether oxygens (including phenoxy) is 3. The molecule has 0 saturated carbocycles. The largest absolute Gasteiger partial charge is 0.493 e. The molecule has 2 N–H and O–H groups in total. The summed E-state index contributed by atoms with van der Waals surface area (Å²) in [6, 6.07) is 8.42. The third-order valence-electron chi connectivity index (χ3n) is 4.89. The molecule has 1 aromatic rings. The van der Waals surface area contributed by atoms with Crippen LogP contribution in [0.25, 0.3) is 0 Å². The second-order valence-corrected chi connectivity index (χ2v) is 7.73. The number of methoxy groups -OCH3 is 1. The van der Waals surface area contributed by atoms with Gasteiger partial charge in [0.2, 0.25) is 0 Å². The smallest absolute Gasteiger partial charge is 0.195 e. The first-order chi connectivity index (χ1) is 14.1. The zero-order valence-electron chi connectivity index (χ0n) is 18.4. The van der Waals surface area contributed by atoms with Crippen molar-refractivity contribution in [3.05, 3.63) is 24.3 Å². The van der Waals surface area contributed by atoms with Gasteiger partial charge in [-0.3, -0.25) is 9.89 Å². The standard InChI is InChI=1S/C22H38N4O3/c1-18(2)15-20(26-9-13-28-14-10-26)17-24-22(23-3)25-19-7-5-8-21(16-19)29-12-6-11-27-4/h5,7-8,16,18,20H,6,9-15,17H2,1-4H3,(H2,23,24,25). The molecule has 0 bridgehead atoms. The van der Waals surface area contributed by atoms with Gasteiger partial charge < -0.3 is 24.8 Å². The third-order valence-corrected chi connectivity index (χ3v) is 4.89. The van der Waals surface area contributed by atoms with E-state index in [4.69, 9.17) is 14.2 Å². The van der Waals surface area contributed by atoms with Crippen molar-refractivity contribution in [3.8, 4) is 5.75 Å². The molecule has 2 rings (SSSR count). The molecular formula is C22H38N4O3. The number of morpholine rings is 1. The maximum Gasteiger partial charge on any atom is 0.195 e. The van der Waals surface area contributed by atoms with Gasteiger partial charge >= 0.3 is 0 Å². The van der Waals surface area contributed by atoms with Gasteiger partial charge in [-0.15, -0.1) is 0 Å². The van der Waals surface area contributed by atoms with Crippen LogP contribution in [0.2, 0.25) is 0 Å². The first kappa shape index (κ1) is 23.4. The molecular weight excluding hydrogens is 368 g/mol. The zero-order chi connectivity index (χ0) is 20.9. The fourth-order valence-electron chi connectivity index (χ4n) is 3.44. The maximum absolute atomic E-state index is 5.79. The Labute approximate surface area is 175 Å². The van der Waals surface area contributed by atoms with Crippen molar-refractivity contribution in [2.75, 3.05) is 65.5 Å². The third kappa shape index (κ3) is 9.02. The summed E-state index contributed by atoms with van der Waals surface area (Å²) in [6.45, 7) is 10.4. The lowest BCUT2D eigenvalue weighted by Crippen LogP contribution is -2.50. The highest BCUT2D eigenvalue weighted by atomic mass is 16.5. The second kappa shape index (κ2) is 13.4. The molecule has 29 heavy (non-hydrogen) atoms. The molecule has 1 atom stereocenters. The van der Waals surface area contributed by atoms with Crippen molar-refractivity contribution in [1.29, 1.82) is 0 Å². The molecule has 1 fully saturated rings. The molecule has 0 aromatic heterocycles. The summed E-state index contributed by atoms with van der Waals surface area (Å²) in [5, 5.41) is 6.87. The van der Waals surface area contributed by atoms with Crippen molar-refractivity contribution >= 4 is 11.6 Å². The van der Waals surface area contributed by atoms with Gasteiger partial charge in [0.15, 0.2) is 5.96 Å². The maximum atomic E-state index is 5.79. The minimum atomic E-state index is 0.466. The summed E-state index contributed by atoms with van der Waals surface area (Å²) in [5.41, 5.74) is 0.953. The van der Waals surface area contributed by atoms with Crippen LogP contribution in [0.1, 0.15) is 26.7 Å². The number of rotatable bonds is 11. The van der Waals surface area contributed by atoms with Crippen LogP contribution in [0.5, 0.6) is 5.75 Å². The van der Waals surface area contributed by atoms with E-state index in [9.17, 15) is 0 Å². The number of hydrogen-bond acceptors (Lipinski definition) is 5. The van der Waals surface area contributed by atoms with Gasteiger partial charge in [0.25, 0.3) is 0 Å². The average molecular weight is 407 g/mol. The Morgan fingerprint density at radius 3 is 2.72 bits per heavy atom. The Bertz CT molecular complexity index is 603. The number of nitrogens with zero attached hydrogens (tertiary/aromatic N) is 2. The van der Waals surface area contributed by atoms with Crippen LogP contribution in [-0.2, 0) is 9.47 Å². The molecule has 1 aliphatic rings. The van der Waals surface area contributed by atoms with E-state index >= 15 is 0 Å². The van der Waals surface area contributed by atoms with E-state index in [-0.39, 0.29) is 0 Å². The van der Waals surface area contributed by atoms with E-state index in [1.54, 1.807) is 14.2 Å². The molecule has 0 spiro atoms. The lowest BCUT2D eigenvalue weighted by Gasteiger charge is -2.35. The van der Waals surface area contributed by atoms with Gasteiger partial charge in [0, 0.05) is 64.6 Å². The molecule has 0 radical (unpaired) electrons. The van der Waals surface area contributed by atoms with Crippen LogP contribution >= 0.6 is 0 Å². The van der Waals surface area contributed by atoms with Gasteiger partial charge in [0.05, 0.1) is 19.8 Å². The summed E-state index contributed by atoms with van der Waals surface area (Å²) in [5.74, 6) is 2.25. The first-order valence-electron chi connectivity index (χ1n) is 10.6. The molecule has 0 amide bonds. The summed E-state index contributed by atoms with van der Waals surface area (Å²) >= 11 is 0. The monoisotopic (exact) mass is 406 g/mol. The van der Waals surface area contributed by atoms with Crippen LogP contribution in [-0.4, -0.2) is 77.1 Å². The topological polar surface area (TPSA) is 67.4 Å². The fourth-order valence-corrected chi connectivity index (χ4v) is 3.44. The Kier molecular flexibility index (Phi) is 10.8. The van der Waals surface area contributed by atoms with Crippen LogP contribution in [0.15, 0.2) is 29.3 Å². The highest BCUT2D eigenvalue weighted by molar-refractivity contribution is 5.93. The summed E-state index contributed by atoms with van der Waals surface area (Å²) in [7, 11) is 3.50. The van der Waals surface area contributed by atoms with Crippen LogP contribution in [0.4, 0.5) is 5.69 Å². The number of hydrogen-bond donors (Lipinski definition) is 2. The summed E-state index contributed by atoms with van der Waals surface area (Å²) in [4.78, 5) is 6.92.